The van der Waals surface area contributed by atoms with Gasteiger partial charge in [0.25, 0.3) is 0 Å². The third-order valence-electron chi connectivity index (χ3n) is 2.48. The Bertz CT molecular complexity index is 410. The second-order valence-electron chi connectivity index (χ2n) is 4.26. The van der Waals surface area contributed by atoms with E-state index < -0.39 is 0 Å². The van der Waals surface area contributed by atoms with E-state index in [4.69, 9.17) is 5.11 Å². The Morgan fingerprint density at radius 1 is 1.39 bits per heavy atom. The number of hydrogen-bond acceptors (Lipinski definition) is 2. The molecule has 0 aromatic heterocycles. The first-order chi connectivity index (χ1) is 8.56. The number of carbonyl (C=O) groups is 1. The Morgan fingerprint density at radius 2 is 2.00 bits per heavy atom. The summed E-state index contributed by atoms with van der Waals surface area (Å²) < 4.78 is 0. The first kappa shape index (κ1) is 14.3. The van der Waals surface area contributed by atoms with Crippen molar-refractivity contribution in [1.82, 2.24) is 4.90 Å². The first-order valence-corrected chi connectivity index (χ1v) is 5.92. The number of hydrogen-bond donors (Lipinski definition) is 2. The highest BCUT2D eigenvalue weighted by Crippen LogP contribution is 2.14. The molecule has 0 aliphatic carbocycles. The number of aliphatic hydroxyl groups is 1. The minimum Gasteiger partial charge on any atom is -0.395 e. The zero-order valence-corrected chi connectivity index (χ0v) is 10.9. The van der Waals surface area contributed by atoms with E-state index in [0.717, 1.165) is 16.8 Å². The molecule has 0 heterocycles. The SMILES string of the molecule is C=CCN(CCO)C(=O)Nc1cc(C)cc(C)c1. The number of aryl methyl sites for hydroxylation is 2. The second kappa shape index (κ2) is 6.81. The van der Waals surface area contributed by atoms with Crippen LogP contribution in [0.5, 0.6) is 0 Å². The maximum atomic E-state index is 12.0. The van der Waals surface area contributed by atoms with Crippen LogP contribution in [-0.2, 0) is 0 Å². The van der Waals surface area contributed by atoms with Crippen molar-refractivity contribution in [3.05, 3.63) is 42.0 Å². The van der Waals surface area contributed by atoms with E-state index in [2.05, 4.69) is 11.9 Å². The van der Waals surface area contributed by atoms with E-state index in [-0.39, 0.29) is 12.6 Å². The van der Waals surface area contributed by atoms with E-state index >= 15 is 0 Å². The molecule has 0 spiro atoms. The molecule has 0 radical (unpaired) electrons. The smallest absolute Gasteiger partial charge is 0.322 e. The summed E-state index contributed by atoms with van der Waals surface area (Å²) in [4.78, 5) is 13.5. The van der Waals surface area contributed by atoms with Crippen LogP contribution >= 0.6 is 0 Å². The average Bonchev–Trinajstić information content (AvgIpc) is 2.27. The molecule has 1 aromatic carbocycles. The fourth-order valence-corrected chi connectivity index (χ4v) is 1.80. The summed E-state index contributed by atoms with van der Waals surface area (Å²) in [5.41, 5.74) is 2.97. The van der Waals surface area contributed by atoms with Gasteiger partial charge < -0.3 is 15.3 Å². The topological polar surface area (TPSA) is 52.6 Å². The Morgan fingerprint density at radius 3 is 2.50 bits per heavy atom. The zero-order chi connectivity index (χ0) is 13.5. The highest BCUT2D eigenvalue weighted by Gasteiger charge is 2.11. The summed E-state index contributed by atoms with van der Waals surface area (Å²) in [6, 6.07) is 5.64. The van der Waals surface area contributed by atoms with Crippen molar-refractivity contribution in [3.8, 4) is 0 Å². The third kappa shape index (κ3) is 4.22. The van der Waals surface area contributed by atoms with Gasteiger partial charge in [0, 0.05) is 18.8 Å². The Balaban J connectivity index is 2.75. The van der Waals surface area contributed by atoms with Gasteiger partial charge in [-0.05, 0) is 37.1 Å². The molecule has 0 unspecified atom stereocenters. The molecule has 0 saturated carbocycles. The van der Waals surface area contributed by atoms with Crippen LogP contribution in [-0.4, -0.2) is 35.7 Å². The highest BCUT2D eigenvalue weighted by molar-refractivity contribution is 5.89. The van der Waals surface area contributed by atoms with Gasteiger partial charge in [-0.2, -0.15) is 0 Å². The van der Waals surface area contributed by atoms with Crippen LogP contribution in [0.3, 0.4) is 0 Å². The summed E-state index contributed by atoms with van der Waals surface area (Å²) in [6.45, 7) is 8.21. The molecule has 0 aliphatic heterocycles. The van der Waals surface area contributed by atoms with Crippen molar-refractivity contribution in [2.45, 2.75) is 13.8 Å². The fraction of sp³-hybridized carbons (Fsp3) is 0.357. The standard InChI is InChI=1S/C14H20N2O2/c1-4-5-16(6-7-17)14(18)15-13-9-11(2)8-12(3)10-13/h4,8-10,17H,1,5-7H2,2-3H3,(H,15,18). The number of nitrogens with one attached hydrogen (secondary N) is 1. The maximum absolute atomic E-state index is 12.0. The summed E-state index contributed by atoms with van der Waals surface area (Å²) in [5.74, 6) is 0. The Hall–Kier alpha value is -1.81. The minimum atomic E-state index is -0.228. The van der Waals surface area contributed by atoms with Gasteiger partial charge in [-0.15, -0.1) is 6.58 Å². The van der Waals surface area contributed by atoms with Gasteiger partial charge in [0.05, 0.1) is 6.61 Å². The van der Waals surface area contributed by atoms with Crippen molar-refractivity contribution in [3.63, 3.8) is 0 Å². The number of anilines is 1. The van der Waals surface area contributed by atoms with Crippen LogP contribution in [0.2, 0.25) is 0 Å². The molecular weight excluding hydrogens is 228 g/mol. The van der Waals surface area contributed by atoms with Crippen LogP contribution in [0, 0.1) is 13.8 Å². The van der Waals surface area contributed by atoms with Crippen LogP contribution in [0.25, 0.3) is 0 Å². The summed E-state index contributed by atoms with van der Waals surface area (Å²) in [5, 5.41) is 11.7. The normalized spacial score (nSPS) is 9.94. The maximum Gasteiger partial charge on any atom is 0.322 e. The van der Waals surface area contributed by atoms with Gasteiger partial charge in [0.1, 0.15) is 0 Å². The quantitative estimate of drug-likeness (QED) is 0.786. The first-order valence-electron chi connectivity index (χ1n) is 5.92. The van der Waals surface area contributed by atoms with Gasteiger partial charge in [-0.25, -0.2) is 4.79 Å². The molecule has 98 valence electrons. The van der Waals surface area contributed by atoms with Gasteiger partial charge in [0.15, 0.2) is 0 Å². The lowest BCUT2D eigenvalue weighted by Crippen LogP contribution is -2.37. The molecule has 4 heteroatoms. The van der Waals surface area contributed by atoms with Crippen LogP contribution in [0.4, 0.5) is 10.5 Å². The molecular formula is C14H20N2O2. The van der Waals surface area contributed by atoms with Crippen molar-refractivity contribution < 1.29 is 9.90 Å². The third-order valence-corrected chi connectivity index (χ3v) is 2.48. The number of benzene rings is 1. The lowest BCUT2D eigenvalue weighted by molar-refractivity contribution is 0.195. The Labute approximate surface area is 108 Å². The number of nitrogens with zero attached hydrogens (tertiary/aromatic N) is 1. The molecule has 0 aliphatic rings. The fourth-order valence-electron chi connectivity index (χ4n) is 1.80. The van der Waals surface area contributed by atoms with Crippen LogP contribution in [0.1, 0.15) is 11.1 Å². The van der Waals surface area contributed by atoms with Gasteiger partial charge in [0.2, 0.25) is 0 Å². The lowest BCUT2D eigenvalue weighted by atomic mass is 10.1. The summed E-state index contributed by atoms with van der Waals surface area (Å²) in [6.07, 6.45) is 1.64. The monoisotopic (exact) mass is 248 g/mol. The minimum absolute atomic E-state index is 0.0614. The number of rotatable bonds is 5. The van der Waals surface area contributed by atoms with E-state index in [9.17, 15) is 4.79 Å². The predicted octanol–water partition coefficient (Wildman–Crippen LogP) is 2.32. The number of urea groups is 1. The van der Waals surface area contributed by atoms with E-state index in [1.165, 1.54) is 4.90 Å². The second-order valence-corrected chi connectivity index (χ2v) is 4.26. The van der Waals surface area contributed by atoms with Crippen LogP contribution in [0.15, 0.2) is 30.9 Å². The molecule has 0 atom stereocenters. The van der Waals surface area contributed by atoms with E-state index in [0.29, 0.717) is 13.1 Å². The molecule has 2 amide bonds. The number of amides is 2. The van der Waals surface area contributed by atoms with Crippen molar-refractivity contribution in [2.75, 3.05) is 25.0 Å². The van der Waals surface area contributed by atoms with Gasteiger partial charge >= 0.3 is 6.03 Å². The molecule has 0 saturated heterocycles. The zero-order valence-electron chi connectivity index (χ0n) is 10.9. The number of aliphatic hydroxyl groups excluding tert-OH is 1. The molecule has 1 aromatic rings. The molecule has 1 rings (SSSR count). The van der Waals surface area contributed by atoms with Gasteiger partial charge in [-0.3, -0.25) is 0 Å². The van der Waals surface area contributed by atoms with Crippen LogP contribution < -0.4 is 5.32 Å². The summed E-state index contributed by atoms with van der Waals surface area (Å²) >= 11 is 0. The molecule has 0 fully saturated rings. The van der Waals surface area contributed by atoms with E-state index in [1.54, 1.807) is 6.08 Å². The molecule has 4 nitrogen and oxygen atoms in total. The van der Waals surface area contributed by atoms with Crippen molar-refractivity contribution in [1.29, 1.82) is 0 Å². The van der Waals surface area contributed by atoms with E-state index in [1.807, 2.05) is 32.0 Å². The number of carbonyl (C=O) groups excluding carboxylic acids is 1. The highest BCUT2D eigenvalue weighted by atomic mass is 16.3. The molecule has 2 N–H and O–H groups in total. The van der Waals surface area contributed by atoms with Crippen molar-refractivity contribution >= 4 is 11.7 Å². The molecule has 18 heavy (non-hydrogen) atoms. The Kier molecular flexibility index (Phi) is 5.39. The van der Waals surface area contributed by atoms with Gasteiger partial charge in [-0.1, -0.05) is 12.1 Å². The molecule has 0 bridgehead atoms. The largest absolute Gasteiger partial charge is 0.395 e. The average molecular weight is 248 g/mol. The lowest BCUT2D eigenvalue weighted by Gasteiger charge is -2.20. The predicted molar refractivity (Wildman–Crippen MR) is 73.8 cm³/mol. The van der Waals surface area contributed by atoms with Crippen molar-refractivity contribution in [2.24, 2.45) is 0 Å². The summed E-state index contributed by atoms with van der Waals surface area (Å²) in [7, 11) is 0.